The van der Waals surface area contributed by atoms with Gasteiger partial charge in [-0.3, -0.25) is 4.79 Å². The van der Waals surface area contributed by atoms with E-state index in [4.69, 9.17) is 26.4 Å². The van der Waals surface area contributed by atoms with E-state index in [0.717, 1.165) is 0 Å². The summed E-state index contributed by atoms with van der Waals surface area (Å²) in [6.45, 7) is 6.12. The summed E-state index contributed by atoms with van der Waals surface area (Å²) in [6, 6.07) is 5.40. The van der Waals surface area contributed by atoms with E-state index < -0.39 is 5.60 Å². The van der Waals surface area contributed by atoms with Gasteiger partial charge < -0.3 is 24.8 Å². The highest BCUT2D eigenvalue weighted by Gasteiger charge is 2.15. The van der Waals surface area contributed by atoms with Crippen molar-refractivity contribution in [1.82, 2.24) is 5.32 Å². The van der Waals surface area contributed by atoms with Gasteiger partial charge in [-0.05, 0) is 51.5 Å². The second-order valence-corrected chi connectivity index (χ2v) is 6.55. The van der Waals surface area contributed by atoms with Crippen molar-refractivity contribution in [3.63, 3.8) is 0 Å². The molecule has 0 heterocycles. The third kappa shape index (κ3) is 7.50. The molecule has 0 amide bonds. The molecule has 24 heavy (non-hydrogen) atoms. The maximum Gasteiger partial charge on any atom is 0.306 e. The third-order valence-electron chi connectivity index (χ3n) is 2.92. The van der Waals surface area contributed by atoms with Crippen molar-refractivity contribution in [2.45, 2.75) is 39.2 Å². The number of hydrogen-bond donors (Lipinski definition) is 2. The summed E-state index contributed by atoms with van der Waals surface area (Å²) < 4.78 is 15.7. The Morgan fingerprint density at radius 1 is 1.21 bits per heavy atom. The lowest BCUT2D eigenvalue weighted by atomic mass is 10.2. The number of esters is 1. The molecule has 0 saturated heterocycles. The van der Waals surface area contributed by atoms with Crippen molar-refractivity contribution in [2.24, 2.45) is 0 Å². The predicted octanol–water partition coefficient (Wildman–Crippen LogP) is 3.11. The summed E-state index contributed by atoms with van der Waals surface area (Å²) in [4.78, 5) is 11.6. The van der Waals surface area contributed by atoms with E-state index in [1.165, 1.54) is 0 Å². The maximum atomic E-state index is 11.6. The van der Waals surface area contributed by atoms with E-state index in [2.05, 4.69) is 10.6 Å². The molecule has 6 nitrogen and oxygen atoms in total. The van der Waals surface area contributed by atoms with Crippen LogP contribution in [-0.2, 0) is 9.53 Å². The Morgan fingerprint density at radius 3 is 2.50 bits per heavy atom. The minimum absolute atomic E-state index is 0.211. The van der Waals surface area contributed by atoms with Gasteiger partial charge in [0.2, 0.25) is 0 Å². The van der Waals surface area contributed by atoms with Gasteiger partial charge in [-0.2, -0.15) is 0 Å². The first kappa shape index (κ1) is 20.0. The highest BCUT2D eigenvalue weighted by Crippen LogP contribution is 2.28. The molecule has 0 radical (unpaired) electrons. The molecular weight excluding hydrogens is 328 g/mol. The summed E-state index contributed by atoms with van der Waals surface area (Å²) in [5.74, 6) is 1.15. The van der Waals surface area contributed by atoms with Gasteiger partial charge in [-0.25, -0.2) is 0 Å². The Kier molecular flexibility index (Phi) is 7.78. The molecule has 0 bridgehead atoms. The van der Waals surface area contributed by atoms with Gasteiger partial charge >= 0.3 is 5.97 Å². The molecule has 0 unspecified atom stereocenters. The highest BCUT2D eigenvalue weighted by atomic mass is 32.1. The molecule has 1 rings (SSSR count). The number of anilines is 1. The van der Waals surface area contributed by atoms with Gasteiger partial charge in [-0.1, -0.05) is 0 Å². The molecule has 0 aliphatic rings. The number of benzene rings is 1. The Morgan fingerprint density at radius 2 is 1.92 bits per heavy atom. The molecule has 0 atom stereocenters. The van der Waals surface area contributed by atoms with Crippen molar-refractivity contribution in [2.75, 3.05) is 26.1 Å². The first-order chi connectivity index (χ1) is 11.2. The number of nitrogens with one attached hydrogen (secondary N) is 2. The average Bonchev–Trinajstić information content (AvgIpc) is 2.49. The second-order valence-electron chi connectivity index (χ2n) is 6.14. The predicted molar refractivity (Wildman–Crippen MR) is 98.8 cm³/mol. The smallest absolute Gasteiger partial charge is 0.306 e. The lowest BCUT2D eigenvalue weighted by Crippen LogP contribution is -2.30. The maximum absolute atomic E-state index is 11.6. The lowest BCUT2D eigenvalue weighted by Gasteiger charge is -2.19. The Hall–Kier alpha value is -2.02. The summed E-state index contributed by atoms with van der Waals surface area (Å²) >= 11 is 5.25. The zero-order valence-electron chi connectivity index (χ0n) is 14.9. The van der Waals surface area contributed by atoms with Crippen LogP contribution in [0.3, 0.4) is 0 Å². The number of hydrogen-bond acceptors (Lipinski definition) is 5. The topological polar surface area (TPSA) is 68.8 Å². The molecule has 0 aromatic heterocycles. The number of methoxy groups -OCH3 is 2. The zero-order chi connectivity index (χ0) is 18.2. The Bertz CT molecular complexity index is 570. The minimum Gasteiger partial charge on any atom is -0.497 e. The van der Waals surface area contributed by atoms with Crippen LogP contribution in [0.15, 0.2) is 18.2 Å². The molecule has 0 saturated carbocycles. The Balaban J connectivity index is 2.41. The second kappa shape index (κ2) is 9.32. The van der Waals surface area contributed by atoms with Gasteiger partial charge in [0.15, 0.2) is 5.11 Å². The third-order valence-corrected chi connectivity index (χ3v) is 3.16. The first-order valence-electron chi connectivity index (χ1n) is 7.74. The van der Waals surface area contributed by atoms with Crippen molar-refractivity contribution in [3.8, 4) is 11.5 Å². The van der Waals surface area contributed by atoms with Gasteiger partial charge in [0.25, 0.3) is 0 Å². The van der Waals surface area contributed by atoms with Crippen LogP contribution in [0, 0.1) is 0 Å². The molecular formula is C17H26N2O4S. The summed E-state index contributed by atoms with van der Waals surface area (Å²) in [5, 5.41) is 6.57. The lowest BCUT2D eigenvalue weighted by molar-refractivity contribution is -0.154. The van der Waals surface area contributed by atoms with E-state index in [9.17, 15) is 4.79 Å². The molecule has 0 fully saturated rings. The van der Waals surface area contributed by atoms with E-state index >= 15 is 0 Å². The first-order valence-corrected chi connectivity index (χ1v) is 8.14. The zero-order valence-corrected chi connectivity index (χ0v) is 15.7. The van der Waals surface area contributed by atoms with Crippen molar-refractivity contribution >= 4 is 29.0 Å². The van der Waals surface area contributed by atoms with Crippen molar-refractivity contribution < 1.29 is 19.0 Å². The number of carbonyl (C=O) groups is 1. The van der Waals surface area contributed by atoms with Crippen LogP contribution in [-0.4, -0.2) is 37.4 Å². The van der Waals surface area contributed by atoms with E-state index in [0.29, 0.717) is 41.7 Å². The van der Waals surface area contributed by atoms with Crippen molar-refractivity contribution in [3.05, 3.63) is 18.2 Å². The van der Waals surface area contributed by atoms with Crippen LogP contribution < -0.4 is 20.1 Å². The van der Waals surface area contributed by atoms with Gasteiger partial charge in [0.1, 0.15) is 17.1 Å². The minimum atomic E-state index is -0.454. The SMILES string of the molecule is COc1ccc(OC)c(NC(=S)NCCCC(=O)OC(C)(C)C)c1. The number of thiocarbonyl (C=S) groups is 1. The fourth-order valence-corrected chi connectivity index (χ4v) is 2.12. The van der Waals surface area contributed by atoms with Crippen LogP contribution >= 0.6 is 12.2 Å². The van der Waals surface area contributed by atoms with Gasteiger partial charge in [-0.15, -0.1) is 0 Å². The fraction of sp³-hybridized carbons (Fsp3) is 0.529. The molecule has 134 valence electrons. The van der Waals surface area contributed by atoms with E-state index in [1.807, 2.05) is 20.8 Å². The van der Waals surface area contributed by atoms with Crippen LogP contribution in [0.5, 0.6) is 11.5 Å². The monoisotopic (exact) mass is 354 g/mol. The van der Waals surface area contributed by atoms with Crippen LogP contribution in [0.25, 0.3) is 0 Å². The molecule has 0 aliphatic heterocycles. The fourth-order valence-electron chi connectivity index (χ4n) is 1.91. The van der Waals surface area contributed by atoms with E-state index in [-0.39, 0.29) is 5.97 Å². The van der Waals surface area contributed by atoms with Crippen LogP contribution in [0.4, 0.5) is 5.69 Å². The summed E-state index contributed by atoms with van der Waals surface area (Å²) in [7, 11) is 3.18. The molecule has 0 aliphatic carbocycles. The van der Waals surface area contributed by atoms with Crippen molar-refractivity contribution in [1.29, 1.82) is 0 Å². The molecule has 1 aromatic rings. The molecule has 0 spiro atoms. The summed E-state index contributed by atoms with van der Waals surface area (Å²) in [6.07, 6.45) is 0.974. The molecule has 2 N–H and O–H groups in total. The molecule has 1 aromatic carbocycles. The van der Waals surface area contributed by atoms with Gasteiger partial charge in [0, 0.05) is 19.0 Å². The number of carbonyl (C=O) groups excluding carboxylic acids is 1. The summed E-state index contributed by atoms with van der Waals surface area (Å²) in [5.41, 5.74) is 0.256. The standard InChI is InChI=1S/C17H26N2O4S/c1-17(2,3)23-15(20)7-6-10-18-16(24)19-13-11-12(21-4)8-9-14(13)22-5/h8-9,11H,6-7,10H2,1-5H3,(H2,18,19,24). The highest BCUT2D eigenvalue weighted by molar-refractivity contribution is 7.80. The number of rotatable bonds is 7. The largest absolute Gasteiger partial charge is 0.497 e. The van der Waals surface area contributed by atoms with Gasteiger partial charge in [0.05, 0.1) is 19.9 Å². The number of ether oxygens (including phenoxy) is 3. The average molecular weight is 354 g/mol. The quantitative estimate of drug-likeness (QED) is 0.443. The van der Waals surface area contributed by atoms with Crippen LogP contribution in [0.1, 0.15) is 33.6 Å². The molecule has 7 heteroatoms. The van der Waals surface area contributed by atoms with Crippen LogP contribution in [0.2, 0.25) is 0 Å². The normalized spacial score (nSPS) is 10.7. The Labute approximate surface area is 148 Å². The van der Waals surface area contributed by atoms with E-state index in [1.54, 1.807) is 32.4 Å².